The highest BCUT2D eigenvalue weighted by Gasteiger charge is 2.41. The van der Waals surface area contributed by atoms with Crippen LogP contribution in [0, 0.1) is 11.8 Å². The van der Waals surface area contributed by atoms with Gasteiger partial charge < -0.3 is 10.6 Å². The van der Waals surface area contributed by atoms with Crippen molar-refractivity contribution in [2.45, 2.75) is 51.6 Å². The van der Waals surface area contributed by atoms with E-state index in [1.165, 1.54) is 25.7 Å². The number of hydrogen-bond acceptors (Lipinski definition) is 2. The van der Waals surface area contributed by atoms with Crippen molar-refractivity contribution in [3.8, 4) is 0 Å². The van der Waals surface area contributed by atoms with Gasteiger partial charge in [0, 0.05) is 23.3 Å². The summed E-state index contributed by atoms with van der Waals surface area (Å²) in [6.07, 6.45) is 5.45. The molecule has 3 heteroatoms. The van der Waals surface area contributed by atoms with E-state index in [0.29, 0.717) is 6.04 Å². The molecule has 1 amide bonds. The second kappa shape index (κ2) is 5.47. The average molecular weight is 272 g/mol. The van der Waals surface area contributed by atoms with E-state index < -0.39 is 0 Å². The van der Waals surface area contributed by atoms with Crippen molar-refractivity contribution in [1.82, 2.24) is 5.32 Å². The Morgan fingerprint density at radius 2 is 1.80 bits per heavy atom. The molecule has 0 unspecified atom stereocenters. The monoisotopic (exact) mass is 272 g/mol. The minimum atomic E-state index is 0.0121. The number of hydrogen-bond donors (Lipinski definition) is 2. The third-order valence-corrected chi connectivity index (χ3v) is 4.14. The van der Waals surface area contributed by atoms with Crippen molar-refractivity contribution in [2.75, 3.05) is 5.32 Å². The fourth-order valence-electron chi connectivity index (χ4n) is 2.82. The predicted octanol–water partition coefficient (Wildman–Crippen LogP) is 3.43. The number of carbonyl (C=O) groups is 1. The van der Waals surface area contributed by atoms with Crippen LogP contribution < -0.4 is 10.6 Å². The van der Waals surface area contributed by atoms with Crippen LogP contribution in [0.1, 0.15) is 49.9 Å². The quantitative estimate of drug-likeness (QED) is 0.833. The summed E-state index contributed by atoms with van der Waals surface area (Å²) in [6.45, 7) is 3.96. The van der Waals surface area contributed by atoms with Crippen LogP contribution in [0.25, 0.3) is 0 Å². The first-order valence-electron chi connectivity index (χ1n) is 7.81. The Labute approximate surface area is 121 Å². The van der Waals surface area contributed by atoms with Gasteiger partial charge in [0.25, 0.3) is 5.91 Å². The average Bonchev–Trinajstić information content (AvgIpc) is 3.28. The number of anilines is 1. The van der Waals surface area contributed by atoms with Gasteiger partial charge in [0.05, 0.1) is 0 Å². The molecule has 1 aromatic rings. The Morgan fingerprint density at radius 1 is 1.15 bits per heavy atom. The molecule has 0 spiro atoms. The van der Waals surface area contributed by atoms with Crippen LogP contribution in [0.2, 0.25) is 0 Å². The van der Waals surface area contributed by atoms with E-state index in [4.69, 9.17) is 0 Å². The van der Waals surface area contributed by atoms with E-state index in [1.807, 2.05) is 32.0 Å². The Balaban J connectivity index is 1.68. The molecule has 0 atom stereocenters. The zero-order valence-electron chi connectivity index (χ0n) is 12.4. The van der Waals surface area contributed by atoms with Gasteiger partial charge in [-0.25, -0.2) is 0 Å². The molecule has 0 bridgehead atoms. The van der Waals surface area contributed by atoms with Crippen molar-refractivity contribution >= 4 is 11.6 Å². The molecule has 0 saturated heterocycles. The minimum Gasteiger partial charge on any atom is -0.382 e. The molecule has 2 N–H and O–H groups in total. The molecule has 0 aromatic heterocycles. The maximum Gasteiger partial charge on any atom is 0.251 e. The van der Waals surface area contributed by atoms with Gasteiger partial charge in [-0.15, -0.1) is 0 Å². The summed E-state index contributed by atoms with van der Waals surface area (Å²) < 4.78 is 0. The third kappa shape index (κ3) is 3.33. The lowest BCUT2D eigenvalue weighted by Crippen LogP contribution is -2.30. The Kier molecular flexibility index (Phi) is 3.68. The van der Waals surface area contributed by atoms with Crippen molar-refractivity contribution in [3.63, 3.8) is 0 Å². The number of carbonyl (C=O) groups excluding carboxylic acids is 1. The van der Waals surface area contributed by atoms with E-state index >= 15 is 0 Å². The zero-order valence-corrected chi connectivity index (χ0v) is 12.4. The van der Waals surface area contributed by atoms with Gasteiger partial charge in [-0.05, 0) is 69.6 Å². The first-order chi connectivity index (χ1) is 9.63. The lowest BCUT2D eigenvalue weighted by atomic mass is 10.1. The second-order valence-corrected chi connectivity index (χ2v) is 6.55. The van der Waals surface area contributed by atoms with E-state index in [-0.39, 0.29) is 11.9 Å². The van der Waals surface area contributed by atoms with Crippen LogP contribution >= 0.6 is 0 Å². The van der Waals surface area contributed by atoms with Crippen molar-refractivity contribution < 1.29 is 4.79 Å². The summed E-state index contributed by atoms with van der Waals surface area (Å²) in [4.78, 5) is 12.0. The summed E-state index contributed by atoms with van der Waals surface area (Å²) >= 11 is 0. The highest BCUT2D eigenvalue weighted by molar-refractivity contribution is 5.95. The van der Waals surface area contributed by atoms with Crippen LogP contribution in [-0.4, -0.2) is 18.0 Å². The lowest BCUT2D eigenvalue weighted by molar-refractivity contribution is 0.0943. The van der Waals surface area contributed by atoms with Crippen LogP contribution in [0.5, 0.6) is 0 Å². The SMILES string of the molecule is CC(C)NC(=O)c1cccc(NC(C2CC2)C2CC2)c1. The van der Waals surface area contributed by atoms with Crippen LogP contribution in [-0.2, 0) is 0 Å². The molecule has 2 aliphatic carbocycles. The number of amides is 1. The predicted molar refractivity (Wildman–Crippen MR) is 81.9 cm³/mol. The molecule has 3 rings (SSSR count). The largest absolute Gasteiger partial charge is 0.382 e. The highest BCUT2D eigenvalue weighted by Crippen LogP contribution is 2.45. The van der Waals surface area contributed by atoms with Gasteiger partial charge in [0.2, 0.25) is 0 Å². The molecule has 108 valence electrons. The van der Waals surface area contributed by atoms with Gasteiger partial charge in [-0.3, -0.25) is 4.79 Å². The molecular formula is C17H24N2O. The molecule has 0 heterocycles. The van der Waals surface area contributed by atoms with Crippen LogP contribution in [0.4, 0.5) is 5.69 Å². The number of rotatable bonds is 6. The normalized spacial score (nSPS) is 18.4. The Morgan fingerprint density at radius 3 is 2.35 bits per heavy atom. The second-order valence-electron chi connectivity index (χ2n) is 6.55. The molecular weight excluding hydrogens is 248 g/mol. The number of nitrogens with one attached hydrogen (secondary N) is 2. The molecule has 2 fully saturated rings. The molecule has 2 aliphatic rings. The maximum absolute atomic E-state index is 12.0. The van der Waals surface area contributed by atoms with Gasteiger partial charge >= 0.3 is 0 Å². The molecule has 2 saturated carbocycles. The zero-order chi connectivity index (χ0) is 14.1. The molecule has 1 aromatic carbocycles. The standard InChI is InChI=1S/C17H24N2O/c1-11(2)18-17(20)14-4-3-5-15(10-14)19-16(12-6-7-12)13-8-9-13/h3-5,10-13,16,19H,6-9H2,1-2H3,(H,18,20). The molecule has 3 nitrogen and oxygen atoms in total. The minimum absolute atomic E-state index is 0.0121. The lowest BCUT2D eigenvalue weighted by Gasteiger charge is -2.19. The van der Waals surface area contributed by atoms with Crippen molar-refractivity contribution in [3.05, 3.63) is 29.8 Å². The van der Waals surface area contributed by atoms with Crippen LogP contribution in [0.15, 0.2) is 24.3 Å². The maximum atomic E-state index is 12.0. The van der Waals surface area contributed by atoms with Gasteiger partial charge in [0.1, 0.15) is 0 Å². The fraction of sp³-hybridized carbons (Fsp3) is 0.588. The topological polar surface area (TPSA) is 41.1 Å². The van der Waals surface area contributed by atoms with Crippen molar-refractivity contribution in [1.29, 1.82) is 0 Å². The smallest absolute Gasteiger partial charge is 0.251 e. The van der Waals surface area contributed by atoms with E-state index in [2.05, 4.69) is 16.7 Å². The van der Waals surface area contributed by atoms with Crippen LogP contribution in [0.3, 0.4) is 0 Å². The molecule has 0 radical (unpaired) electrons. The fourth-order valence-corrected chi connectivity index (χ4v) is 2.82. The van der Waals surface area contributed by atoms with Gasteiger partial charge in [0.15, 0.2) is 0 Å². The summed E-state index contributed by atoms with van der Waals surface area (Å²) in [5.74, 6) is 1.73. The highest BCUT2D eigenvalue weighted by atomic mass is 16.1. The van der Waals surface area contributed by atoms with E-state index in [9.17, 15) is 4.79 Å². The summed E-state index contributed by atoms with van der Waals surface area (Å²) in [5, 5.41) is 6.61. The first-order valence-corrected chi connectivity index (χ1v) is 7.81. The molecule has 20 heavy (non-hydrogen) atoms. The van der Waals surface area contributed by atoms with Crippen molar-refractivity contribution in [2.24, 2.45) is 11.8 Å². The summed E-state index contributed by atoms with van der Waals surface area (Å²) in [6, 6.07) is 8.70. The first kappa shape index (κ1) is 13.5. The summed E-state index contributed by atoms with van der Waals surface area (Å²) in [7, 11) is 0. The Bertz CT molecular complexity index is 478. The summed E-state index contributed by atoms with van der Waals surface area (Å²) in [5.41, 5.74) is 1.83. The van der Waals surface area contributed by atoms with E-state index in [0.717, 1.165) is 23.1 Å². The Hall–Kier alpha value is -1.51. The number of benzene rings is 1. The van der Waals surface area contributed by atoms with Gasteiger partial charge in [-0.2, -0.15) is 0 Å². The van der Waals surface area contributed by atoms with E-state index in [1.54, 1.807) is 0 Å². The third-order valence-electron chi connectivity index (χ3n) is 4.14. The molecule has 0 aliphatic heterocycles. The van der Waals surface area contributed by atoms with Gasteiger partial charge in [-0.1, -0.05) is 6.07 Å².